The Morgan fingerprint density at radius 2 is 2.31 bits per heavy atom. The zero-order valence-electron chi connectivity index (χ0n) is 7.06. The third kappa shape index (κ3) is 4.99. The molecule has 0 spiro atoms. The normalized spacial score (nSPS) is 11.8. The molecule has 0 aliphatic rings. The quantitative estimate of drug-likeness (QED) is 0.693. The first-order valence-corrected chi connectivity index (χ1v) is 6.46. The lowest BCUT2D eigenvalue weighted by Crippen LogP contribution is -2.26. The Morgan fingerprint density at radius 3 is 2.85 bits per heavy atom. The standard InChI is InChI=1S/C7H12N2O2S2/c8-13(10,11)4-2-9-5-7-1-3-12-6-7/h1,3,6,9H,2,4-5H2,(H2,8,10,11). The summed E-state index contributed by atoms with van der Waals surface area (Å²) in [7, 11) is -3.33. The molecule has 0 bridgehead atoms. The van der Waals surface area contributed by atoms with Crippen LogP contribution in [0.4, 0.5) is 0 Å². The Kier molecular flexibility index (Phi) is 3.86. The van der Waals surface area contributed by atoms with Gasteiger partial charge in [-0.2, -0.15) is 11.3 Å². The molecule has 74 valence electrons. The Hall–Kier alpha value is -0.430. The highest BCUT2D eigenvalue weighted by Gasteiger charge is 2.00. The molecule has 0 saturated carbocycles. The Bertz CT molecular complexity index is 331. The van der Waals surface area contributed by atoms with E-state index in [0.717, 1.165) is 0 Å². The van der Waals surface area contributed by atoms with E-state index in [4.69, 9.17) is 5.14 Å². The molecule has 4 nitrogen and oxygen atoms in total. The number of rotatable bonds is 5. The lowest BCUT2D eigenvalue weighted by molar-refractivity contribution is 0.592. The molecule has 0 saturated heterocycles. The minimum atomic E-state index is -3.33. The first-order valence-electron chi connectivity index (χ1n) is 3.80. The summed E-state index contributed by atoms with van der Waals surface area (Å²) in [5.41, 5.74) is 1.17. The van der Waals surface area contributed by atoms with Gasteiger partial charge in [0.05, 0.1) is 5.75 Å². The number of thiophene rings is 1. The lowest BCUT2D eigenvalue weighted by atomic mass is 10.3. The van der Waals surface area contributed by atoms with E-state index in [1.165, 1.54) is 5.56 Å². The largest absolute Gasteiger partial charge is 0.312 e. The van der Waals surface area contributed by atoms with Crippen LogP contribution >= 0.6 is 11.3 Å². The van der Waals surface area contributed by atoms with Crippen molar-refractivity contribution in [2.45, 2.75) is 6.54 Å². The molecule has 0 amide bonds. The van der Waals surface area contributed by atoms with Crippen LogP contribution in [0.25, 0.3) is 0 Å². The van der Waals surface area contributed by atoms with Crippen LogP contribution in [0.1, 0.15) is 5.56 Å². The van der Waals surface area contributed by atoms with Gasteiger partial charge in [0.15, 0.2) is 0 Å². The van der Waals surface area contributed by atoms with Crippen LogP contribution in [0.3, 0.4) is 0 Å². The minimum absolute atomic E-state index is 0.0167. The third-order valence-electron chi connectivity index (χ3n) is 1.47. The van der Waals surface area contributed by atoms with Gasteiger partial charge in [0, 0.05) is 13.1 Å². The molecule has 3 N–H and O–H groups in total. The number of hydrogen-bond acceptors (Lipinski definition) is 4. The molecular formula is C7H12N2O2S2. The van der Waals surface area contributed by atoms with Gasteiger partial charge in [-0.15, -0.1) is 0 Å². The van der Waals surface area contributed by atoms with E-state index in [9.17, 15) is 8.42 Å². The summed E-state index contributed by atoms with van der Waals surface area (Å²) < 4.78 is 21.1. The van der Waals surface area contributed by atoms with Gasteiger partial charge in [0.2, 0.25) is 10.0 Å². The van der Waals surface area contributed by atoms with Crippen molar-refractivity contribution in [1.29, 1.82) is 0 Å². The maximum Gasteiger partial charge on any atom is 0.210 e. The summed E-state index contributed by atoms with van der Waals surface area (Å²) >= 11 is 1.62. The highest BCUT2D eigenvalue weighted by molar-refractivity contribution is 7.89. The Balaban J connectivity index is 2.16. The number of nitrogens with one attached hydrogen (secondary N) is 1. The summed E-state index contributed by atoms with van der Waals surface area (Å²) in [5.74, 6) is -0.0167. The predicted octanol–water partition coefficient (Wildman–Crippen LogP) is 0.126. The third-order valence-corrected chi connectivity index (χ3v) is 2.98. The zero-order valence-corrected chi connectivity index (χ0v) is 8.70. The fraction of sp³-hybridized carbons (Fsp3) is 0.429. The van der Waals surface area contributed by atoms with Gasteiger partial charge in [-0.3, -0.25) is 0 Å². The van der Waals surface area contributed by atoms with E-state index in [0.29, 0.717) is 13.1 Å². The summed E-state index contributed by atoms with van der Waals surface area (Å²) in [5, 5.41) is 11.8. The van der Waals surface area contributed by atoms with Crippen molar-refractivity contribution in [3.8, 4) is 0 Å². The molecular weight excluding hydrogens is 208 g/mol. The molecule has 0 aliphatic carbocycles. The SMILES string of the molecule is NS(=O)(=O)CCNCc1ccsc1. The van der Waals surface area contributed by atoms with E-state index in [1.54, 1.807) is 11.3 Å². The predicted molar refractivity (Wildman–Crippen MR) is 54.0 cm³/mol. The van der Waals surface area contributed by atoms with Gasteiger partial charge in [0.25, 0.3) is 0 Å². The van der Waals surface area contributed by atoms with Crippen LogP contribution in [0, 0.1) is 0 Å². The van der Waals surface area contributed by atoms with Gasteiger partial charge in [-0.1, -0.05) is 0 Å². The maximum absolute atomic E-state index is 10.5. The molecule has 1 heterocycles. The molecule has 0 fully saturated rings. The molecule has 0 radical (unpaired) electrons. The van der Waals surface area contributed by atoms with Crippen molar-refractivity contribution >= 4 is 21.4 Å². The van der Waals surface area contributed by atoms with Crippen molar-refractivity contribution < 1.29 is 8.42 Å². The van der Waals surface area contributed by atoms with Crippen LogP contribution in [-0.2, 0) is 16.6 Å². The smallest absolute Gasteiger partial charge is 0.210 e. The molecule has 0 atom stereocenters. The maximum atomic E-state index is 10.5. The van der Waals surface area contributed by atoms with E-state index >= 15 is 0 Å². The molecule has 0 unspecified atom stereocenters. The van der Waals surface area contributed by atoms with Gasteiger partial charge in [-0.05, 0) is 22.4 Å². The number of primary sulfonamides is 1. The number of sulfonamides is 1. The molecule has 13 heavy (non-hydrogen) atoms. The van der Waals surface area contributed by atoms with Crippen molar-refractivity contribution in [2.24, 2.45) is 5.14 Å². The fourth-order valence-electron chi connectivity index (χ4n) is 0.840. The molecule has 1 rings (SSSR count). The molecule has 1 aromatic heterocycles. The molecule has 0 aliphatic heterocycles. The Labute approximate surface area is 81.8 Å². The highest BCUT2D eigenvalue weighted by Crippen LogP contribution is 2.04. The van der Waals surface area contributed by atoms with Gasteiger partial charge in [-0.25, -0.2) is 13.6 Å². The lowest BCUT2D eigenvalue weighted by Gasteiger charge is -2.00. The van der Waals surface area contributed by atoms with E-state index < -0.39 is 10.0 Å². The first kappa shape index (κ1) is 10.6. The average molecular weight is 220 g/mol. The van der Waals surface area contributed by atoms with Gasteiger partial charge >= 0.3 is 0 Å². The summed E-state index contributed by atoms with van der Waals surface area (Å²) in [4.78, 5) is 0. The van der Waals surface area contributed by atoms with Crippen molar-refractivity contribution in [1.82, 2.24) is 5.32 Å². The van der Waals surface area contributed by atoms with Crippen LogP contribution in [0.5, 0.6) is 0 Å². The van der Waals surface area contributed by atoms with E-state index in [2.05, 4.69) is 5.32 Å². The monoisotopic (exact) mass is 220 g/mol. The average Bonchev–Trinajstić information content (AvgIpc) is 2.48. The van der Waals surface area contributed by atoms with Crippen LogP contribution in [0.15, 0.2) is 16.8 Å². The second-order valence-electron chi connectivity index (χ2n) is 2.68. The Morgan fingerprint density at radius 1 is 1.54 bits per heavy atom. The second-order valence-corrected chi connectivity index (χ2v) is 5.19. The van der Waals surface area contributed by atoms with Crippen LogP contribution < -0.4 is 10.5 Å². The molecule has 0 aromatic carbocycles. The van der Waals surface area contributed by atoms with Crippen molar-refractivity contribution in [3.63, 3.8) is 0 Å². The summed E-state index contributed by atoms with van der Waals surface area (Å²) in [6.07, 6.45) is 0. The zero-order chi connectivity index (χ0) is 9.73. The minimum Gasteiger partial charge on any atom is -0.312 e. The number of hydrogen-bond donors (Lipinski definition) is 2. The van der Waals surface area contributed by atoms with Crippen LogP contribution in [-0.4, -0.2) is 20.7 Å². The second kappa shape index (κ2) is 4.71. The highest BCUT2D eigenvalue weighted by atomic mass is 32.2. The molecule has 1 aromatic rings. The fourth-order valence-corrected chi connectivity index (χ4v) is 1.94. The van der Waals surface area contributed by atoms with Crippen molar-refractivity contribution in [2.75, 3.05) is 12.3 Å². The van der Waals surface area contributed by atoms with Crippen LogP contribution in [0.2, 0.25) is 0 Å². The summed E-state index contributed by atoms with van der Waals surface area (Å²) in [6, 6.07) is 1.99. The van der Waals surface area contributed by atoms with E-state index in [-0.39, 0.29) is 5.75 Å². The topological polar surface area (TPSA) is 72.2 Å². The summed E-state index contributed by atoms with van der Waals surface area (Å²) in [6.45, 7) is 1.09. The number of nitrogens with two attached hydrogens (primary N) is 1. The van der Waals surface area contributed by atoms with Crippen molar-refractivity contribution in [3.05, 3.63) is 22.4 Å². The van der Waals surface area contributed by atoms with E-state index in [1.807, 2.05) is 16.8 Å². The van der Waals surface area contributed by atoms with Gasteiger partial charge in [0.1, 0.15) is 0 Å². The first-order chi connectivity index (χ1) is 6.08. The van der Waals surface area contributed by atoms with Gasteiger partial charge < -0.3 is 5.32 Å². The molecule has 6 heteroatoms.